The number of nitrogens with one attached hydrogen (secondary N) is 1. The Kier molecular flexibility index (Phi) is 6.64. The zero-order chi connectivity index (χ0) is 25.1. The SMILES string of the molecule is Cc1ccc(NC(=O)C(Sc2nc3ccccc3c(=O)n2-c2ccc(C)cn2)c2ccccc2)cc1. The molecule has 0 spiro atoms. The van der Waals surface area contributed by atoms with Crippen molar-refractivity contribution in [3.05, 3.63) is 124 Å². The highest BCUT2D eigenvalue weighted by molar-refractivity contribution is 8.00. The van der Waals surface area contributed by atoms with Crippen molar-refractivity contribution in [1.29, 1.82) is 0 Å². The number of benzene rings is 3. The van der Waals surface area contributed by atoms with Crippen molar-refractivity contribution >= 4 is 34.3 Å². The van der Waals surface area contributed by atoms with E-state index in [0.717, 1.165) is 16.7 Å². The van der Waals surface area contributed by atoms with Gasteiger partial charge in [-0.2, -0.15) is 0 Å². The number of aryl methyl sites for hydroxylation is 2. The molecule has 1 atom stereocenters. The van der Waals surface area contributed by atoms with E-state index in [1.807, 2.05) is 86.6 Å². The zero-order valence-corrected chi connectivity index (χ0v) is 20.7. The van der Waals surface area contributed by atoms with E-state index in [9.17, 15) is 9.59 Å². The van der Waals surface area contributed by atoms with E-state index >= 15 is 0 Å². The Morgan fingerprint density at radius 1 is 0.861 bits per heavy atom. The van der Waals surface area contributed by atoms with Gasteiger partial charge >= 0.3 is 0 Å². The first-order valence-electron chi connectivity index (χ1n) is 11.5. The van der Waals surface area contributed by atoms with Crippen LogP contribution < -0.4 is 10.9 Å². The molecule has 5 rings (SSSR count). The maximum atomic E-state index is 13.6. The molecule has 2 aromatic heterocycles. The van der Waals surface area contributed by atoms with E-state index in [1.165, 1.54) is 16.3 Å². The van der Waals surface area contributed by atoms with Gasteiger partial charge in [0.1, 0.15) is 11.1 Å². The molecule has 2 heterocycles. The summed E-state index contributed by atoms with van der Waals surface area (Å²) in [5.41, 5.74) is 3.94. The third kappa shape index (κ3) is 4.92. The Labute approximate surface area is 213 Å². The molecule has 0 radical (unpaired) electrons. The monoisotopic (exact) mass is 492 g/mol. The average molecular weight is 493 g/mol. The minimum absolute atomic E-state index is 0.208. The molecule has 0 aliphatic carbocycles. The Hall–Kier alpha value is -4.23. The van der Waals surface area contributed by atoms with Gasteiger partial charge < -0.3 is 5.32 Å². The minimum atomic E-state index is -0.655. The van der Waals surface area contributed by atoms with Crippen LogP contribution in [0.5, 0.6) is 0 Å². The van der Waals surface area contributed by atoms with Crippen LogP contribution in [-0.4, -0.2) is 20.4 Å². The number of carbonyl (C=O) groups is 1. The first-order valence-corrected chi connectivity index (χ1v) is 12.4. The lowest BCUT2D eigenvalue weighted by molar-refractivity contribution is -0.115. The summed E-state index contributed by atoms with van der Waals surface area (Å²) in [4.78, 5) is 36.5. The van der Waals surface area contributed by atoms with Gasteiger partial charge in [0.05, 0.1) is 10.9 Å². The average Bonchev–Trinajstić information content (AvgIpc) is 2.90. The van der Waals surface area contributed by atoms with E-state index in [-0.39, 0.29) is 11.5 Å². The third-order valence-electron chi connectivity index (χ3n) is 5.75. The summed E-state index contributed by atoms with van der Waals surface area (Å²) in [7, 11) is 0. The number of hydrogen-bond acceptors (Lipinski definition) is 5. The van der Waals surface area contributed by atoms with Crippen molar-refractivity contribution in [3.8, 4) is 5.82 Å². The molecule has 6 nitrogen and oxygen atoms in total. The quantitative estimate of drug-likeness (QED) is 0.237. The van der Waals surface area contributed by atoms with E-state index in [0.29, 0.717) is 27.6 Å². The number of para-hydroxylation sites is 1. The Morgan fingerprint density at radius 3 is 2.28 bits per heavy atom. The molecule has 3 aromatic carbocycles. The first-order chi connectivity index (χ1) is 17.5. The van der Waals surface area contributed by atoms with Crippen LogP contribution >= 0.6 is 11.8 Å². The van der Waals surface area contributed by atoms with Crippen molar-refractivity contribution in [3.63, 3.8) is 0 Å². The largest absolute Gasteiger partial charge is 0.325 e. The van der Waals surface area contributed by atoms with Crippen molar-refractivity contribution < 1.29 is 4.79 Å². The fourth-order valence-electron chi connectivity index (χ4n) is 3.84. The molecule has 7 heteroatoms. The van der Waals surface area contributed by atoms with Gasteiger partial charge in [-0.1, -0.05) is 78.0 Å². The van der Waals surface area contributed by atoms with E-state index in [4.69, 9.17) is 4.98 Å². The van der Waals surface area contributed by atoms with Gasteiger partial charge in [0, 0.05) is 11.9 Å². The molecule has 0 fully saturated rings. The summed E-state index contributed by atoms with van der Waals surface area (Å²) in [6.45, 7) is 3.94. The Bertz CT molecular complexity index is 1580. The van der Waals surface area contributed by atoms with Crippen molar-refractivity contribution in [2.45, 2.75) is 24.3 Å². The van der Waals surface area contributed by atoms with E-state index in [2.05, 4.69) is 10.3 Å². The summed E-state index contributed by atoms with van der Waals surface area (Å²) < 4.78 is 1.49. The number of hydrogen-bond donors (Lipinski definition) is 1. The normalized spacial score (nSPS) is 11.8. The number of pyridine rings is 1. The molecule has 1 N–H and O–H groups in total. The molecule has 0 aliphatic rings. The molecule has 36 heavy (non-hydrogen) atoms. The van der Waals surface area contributed by atoms with Gasteiger partial charge in [0.25, 0.3) is 5.56 Å². The molecule has 0 bridgehead atoms. The van der Waals surface area contributed by atoms with Crippen molar-refractivity contribution in [1.82, 2.24) is 14.5 Å². The number of nitrogens with zero attached hydrogens (tertiary/aromatic N) is 3. The fourth-order valence-corrected chi connectivity index (χ4v) is 4.94. The number of fused-ring (bicyclic) bond motifs is 1. The summed E-state index contributed by atoms with van der Waals surface area (Å²) in [5, 5.41) is 3.24. The molecule has 1 amide bonds. The zero-order valence-electron chi connectivity index (χ0n) is 19.9. The highest BCUT2D eigenvalue weighted by Crippen LogP contribution is 2.36. The summed E-state index contributed by atoms with van der Waals surface area (Å²) >= 11 is 1.23. The van der Waals surface area contributed by atoms with Crippen LogP contribution in [0.15, 0.2) is 107 Å². The summed E-state index contributed by atoms with van der Waals surface area (Å²) in [6.07, 6.45) is 1.71. The van der Waals surface area contributed by atoms with Crippen molar-refractivity contribution in [2.75, 3.05) is 5.32 Å². The van der Waals surface area contributed by atoms with Gasteiger partial charge in [0.2, 0.25) is 5.91 Å². The van der Waals surface area contributed by atoms with E-state index in [1.54, 1.807) is 24.4 Å². The lowest BCUT2D eigenvalue weighted by atomic mass is 10.1. The van der Waals surface area contributed by atoms with Crippen LogP contribution in [0.3, 0.4) is 0 Å². The molecule has 0 saturated carbocycles. The molecule has 5 aromatic rings. The van der Waals surface area contributed by atoms with Gasteiger partial charge in [-0.15, -0.1) is 0 Å². The minimum Gasteiger partial charge on any atom is -0.325 e. The molecular formula is C29H24N4O2S. The van der Waals surface area contributed by atoms with Crippen molar-refractivity contribution in [2.24, 2.45) is 0 Å². The topological polar surface area (TPSA) is 76.9 Å². The highest BCUT2D eigenvalue weighted by atomic mass is 32.2. The van der Waals surface area contributed by atoms with Crippen LogP contribution in [0.1, 0.15) is 21.9 Å². The predicted octanol–water partition coefficient (Wildman–Crippen LogP) is 5.87. The van der Waals surface area contributed by atoms with Crippen LogP contribution in [0, 0.1) is 13.8 Å². The van der Waals surface area contributed by atoms with Gasteiger partial charge in [-0.3, -0.25) is 9.59 Å². The predicted molar refractivity (Wildman–Crippen MR) is 145 cm³/mol. The molecule has 178 valence electrons. The molecule has 0 aliphatic heterocycles. The van der Waals surface area contributed by atoms with Crippen LogP contribution in [0.4, 0.5) is 5.69 Å². The maximum Gasteiger partial charge on any atom is 0.267 e. The molecular weight excluding hydrogens is 468 g/mol. The third-order valence-corrected chi connectivity index (χ3v) is 6.96. The second-order valence-corrected chi connectivity index (χ2v) is 9.58. The standard InChI is InChI=1S/C29H24N4O2S/c1-19-12-15-22(16-13-19)31-27(34)26(21-8-4-3-5-9-21)36-29-32-24-11-7-6-10-23(24)28(35)33(29)25-17-14-20(2)18-30-25/h3-18,26H,1-2H3,(H,31,34). The number of aromatic nitrogens is 3. The van der Waals surface area contributed by atoms with Crippen LogP contribution in [0.2, 0.25) is 0 Å². The maximum absolute atomic E-state index is 13.6. The summed E-state index contributed by atoms with van der Waals surface area (Å²) in [6, 6.07) is 28.1. The lowest BCUT2D eigenvalue weighted by Crippen LogP contribution is -2.25. The lowest BCUT2D eigenvalue weighted by Gasteiger charge is -2.19. The van der Waals surface area contributed by atoms with Gasteiger partial charge in [-0.25, -0.2) is 14.5 Å². The van der Waals surface area contributed by atoms with Crippen LogP contribution in [-0.2, 0) is 4.79 Å². The number of rotatable bonds is 6. The fraction of sp³-hybridized carbons (Fsp3) is 0.103. The molecule has 1 unspecified atom stereocenters. The number of carbonyl (C=O) groups excluding carboxylic acids is 1. The Morgan fingerprint density at radius 2 is 1.56 bits per heavy atom. The molecule has 0 saturated heterocycles. The first kappa shape index (κ1) is 23.5. The van der Waals surface area contributed by atoms with Crippen LogP contribution in [0.25, 0.3) is 16.7 Å². The number of anilines is 1. The second kappa shape index (κ2) is 10.2. The Balaban J connectivity index is 1.62. The number of thioether (sulfide) groups is 1. The number of amides is 1. The smallest absolute Gasteiger partial charge is 0.267 e. The highest BCUT2D eigenvalue weighted by Gasteiger charge is 2.26. The van der Waals surface area contributed by atoms with Gasteiger partial charge in [0.15, 0.2) is 5.16 Å². The second-order valence-electron chi connectivity index (χ2n) is 8.51. The summed E-state index contributed by atoms with van der Waals surface area (Å²) in [5.74, 6) is 0.248. The van der Waals surface area contributed by atoms with Gasteiger partial charge in [-0.05, 0) is 55.3 Å². The van der Waals surface area contributed by atoms with E-state index < -0.39 is 5.25 Å².